The van der Waals surface area contributed by atoms with Gasteiger partial charge in [-0.25, -0.2) is 0 Å². The molecule has 10 heteroatoms. The Morgan fingerprint density at radius 3 is 2.50 bits per heavy atom. The summed E-state index contributed by atoms with van der Waals surface area (Å²) in [4.78, 5) is 23.9. The quantitative estimate of drug-likeness (QED) is 0.795. The molecular weight excluding hydrogens is 405 g/mol. The summed E-state index contributed by atoms with van der Waals surface area (Å²) in [5.41, 5.74) is 1.95. The first-order valence-electron chi connectivity index (χ1n) is 9.30. The van der Waals surface area contributed by atoms with Crippen LogP contribution in [0, 0.1) is 0 Å². The number of nitrogens with two attached hydrogens (primary N) is 1. The number of alkyl halides is 3. The summed E-state index contributed by atoms with van der Waals surface area (Å²) < 4.78 is 57.7. The number of carbonyl (C=O) groups excluding carboxylic acids is 1. The Balaban J connectivity index is 1.55. The van der Waals surface area contributed by atoms with Crippen LogP contribution in [0.25, 0.3) is 5.69 Å². The Morgan fingerprint density at radius 1 is 1.20 bits per heavy atom. The number of pyridine rings is 1. The number of rotatable bonds is 5. The predicted octanol–water partition coefficient (Wildman–Crippen LogP) is 2.28. The number of hydrogen-bond donors (Lipinski definition) is 1. The molecule has 1 saturated carbocycles. The molecule has 0 radical (unpaired) electrons. The SMILES string of the molecule is NC(=O)c1ccc(C(F)(F)F)n(-c2ccc(OCC3COCC4(CC4)O3)cc2)c1=O. The average molecular weight is 424 g/mol. The highest BCUT2D eigenvalue weighted by atomic mass is 19.4. The predicted molar refractivity (Wildman–Crippen MR) is 98.7 cm³/mol. The molecule has 1 amide bonds. The van der Waals surface area contributed by atoms with E-state index in [4.69, 9.17) is 19.9 Å². The van der Waals surface area contributed by atoms with Gasteiger partial charge in [-0.15, -0.1) is 0 Å². The molecule has 4 rings (SSSR count). The monoisotopic (exact) mass is 424 g/mol. The highest BCUT2D eigenvalue weighted by Crippen LogP contribution is 2.42. The minimum absolute atomic E-state index is 0.0723. The fourth-order valence-electron chi connectivity index (χ4n) is 3.37. The van der Waals surface area contributed by atoms with E-state index in [1.807, 2.05) is 0 Å². The number of nitrogens with zero attached hydrogens (tertiary/aromatic N) is 1. The number of primary amides is 1. The van der Waals surface area contributed by atoms with Crippen molar-refractivity contribution < 1.29 is 32.2 Å². The van der Waals surface area contributed by atoms with Crippen LogP contribution in [0.3, 0.4) is 0 Å². The molecule has 1 unspecified atom stereocenters. The number of benzene rings is 1. The van der Waals surface area contributed by atoms with Gasteiger partial charge in [0.25, 0.3) is 11.5 Å². The zero-order chi connectivity index (χ0) is 21.5. The second-order valence-corrected chi connectivity index (χ2v) is 7.38. The van der Waals surface area contributed by atoms with E-state index in [1.54, 1.807) is 0 Å². The molecule has 1 aromatic carbocycles. The second-order valence-electron chi connectivity index (χ2n) is 7.38. The van der Waals surface area contributed by atoms with Crippen molar-refractivity contribution in [1.29, 1.82) is 0 Å². The normalized spacial score (nSPS) is 20.2. The molecule has 30 heavy (non-hydrogen) atoms. The summed E-state index contributed by atoms with van der Waals surface area (Å²) in [5.74, 6) is -0.712. The largest absolute Gasteiger partial charge is 0.491 e. The standard InChI is InChI=1S/C20H19F3N2O5/c21-20(22,23)16-6-5-15(17(24)26)18(27)25(16)12-1-3-13(4-2-12)29-10-14-9-28-11-19(30-14)7-8-19/h1-6,14H,7-11H2,(H2,24,26). The van der Waals surface area contributed by atoms with Crippen LogP contribution in [-0.2, 0) is 15.7 Å². The molecule has 1 atom stereocenters. The first-order chi connectivity index (χ1) is 14.2. The van der Waals surface area contributed by atoms with Gasteiger partial charge in [-0.1, -0.05) is 0 Å². The lowest BCUT2D eigenvalue weighted by Gasteiger charge is -2.30. The minimum Gasteiger partial charge on any atom is -0.491 e. The van der Waals surface area contributed by atoms with Crippen LogP contribution in [0.2, 0.25) is 0 Å². The number of hydrogen-bond acceptors (Lipinski definition) is 5. The van der Waals surface area contributed by atoms with Crippen molar-refractivity contribution in [3.8, 4) is 11.4 Å². The number of halogens is 3. The molecule has 7 nitrogen and oxygen atoms in total. The maximum Gasteiger partial charge on any atom is 0.431 e. The number of carbonyl (C=O) groups is 1. The van der Waals surface area contributed by atoms with E-state index in [9.17, 15) is 22.8 Å². The Labute approximate surface area is 169 Å². The van der Waals surface area contributed by atoms with E-state index in [1.165, 1.54) is 24.3 Å². The topological polar surface area (TPSA) is 92.8 Å². The summed E-state index contributed by atoms with van der Waals surface area (Å²) in [6, 6.07) is 6.92. The minimum atomic E-state index is -4.80. The van der Waals surface area contributed by atoms with Gasteiger partial charge in [-0.3, -0.25) is 14.2 Å². The summed E-state index contributed by atoms with van der Waals surface area (Å²) in [6.07, 6.45) is -3.12. The van der Waals surface area contributed by atoms with Crippen LogP contribution in [0.15, 0.2) is 41.2 Å². The van der Waals surface area contributed by atoms with Crippen LogP contribution in [-0.4, -0.2) is 42.0 Å². The van der Waals surface area contributed by atoms with Crippen molar-refractivity contribution in [3.63, 3.8) is 0 Å². The molecule has 0 bridgehead atoms. The highest BCUT2D eigenvalue weighted by Gasteiger charge is 2.48. The van der Waals surface area contributed by atoms with Crippen molar-refractivity contribution in [2.24, 2.45) is 5.73 Å². The van der Waals surface area contributed by atoms with Gasteiger partial charge in [-0.05, 0) is 49.2 Å². The Kier molecular flexibility index (Phi) is 5.07. The molecule has 160 valence electrons. The summed E-state index contributed by atoms with van der Waals surface area (Å²) >= 11 is 0. The number of aromatic nitrogens is 1. The van der Waals surface area contributed by atoms with E-state index in [2.05, 4.69) is 0 Å². The van der Waals surface area contributed by atoms with E-state index in [-0.39, 0.29) is 24.0 Å². The number of ether oxygens (including phenoxy) is 3. The lowest BCUT2D eigenvalue weighted by Crippen LogP contribution is -2.40. The molecule has 1 aliphatic carbocycles. The molecule has 2 aliphatic rings. The van der Waals surface area contributed by atoms with Crippen LogP contribution in [0.4, 0.5) is 13.2 Å². The Bertz CT molecular complexity index is 1010. The lowest BCUT2D eigenvalue weighted by molar-refractivity contribution is -0.161. The third-order valence-electron chi connectivity index (χ3n) is 5.06. The number of amides is 1. The summed E-state index contributed by atoms with van der Waals surface area (Å²) in [6.45, 7) is 1.22. The van der Waals surface area contributed by atoms with Crippen LogP contribution in [0.1, 0.15) is 28.9 Å². The average Bonchev–Trinajstić information content (AvgIpc) is 3.44. The summed E-state index contributed by atoms with van der Waals surface area (Å²) in [5, 5.41) is 0. The van der Waals surface area contributed by atoms with E-state index in [0.29, 0.717) is 29.6 Å². The third kappa shape index (κ3) is 4.05. The van der Waals surface area contributed by atoms with E-state index < -0.39 is 28.9 Å². The van der Waals surface area contributed by atoms with Gasteiger partial charge < -0.3 is 19.9 Å². The van der Waals surface area contributed by atoms with Crippen molar-refractivity contribution in [2.75, 3.05) is 19.8 Å². The van der Waals surface area contributed by atoms with Crippen molar-refractivity contribution in [2.45, 2.75) is 30.7 Å². The van der Waals surface area contributed by atoms with Crippen molar-refractivity contribution in [1.82, 2.24) is 4.57 Å². The smallest absolute Gasteiger partial charge is 0.431 e. The first-order valence-corrected chi connectivity index (χ1v) is 9.30. The molecule has 2 aromatic rings. The van der Waals surface area contributed by atoms with Gasteiger partial charge in [0.05, 0.1) is 18.8 Å². The van der Waals surface area contributed by atoms with Gasteiger partial charge in [0.15, 0.2) is 0 Å². The zero-order valence-corrected chi connectivity index (χ0v) is 15.8. The van der Waals surface area contributed by atoms with Crippen LogP contribution < -0.4 is 16.0 Å². The maximum atomic E-state index is 13.4. The lowest BCUT2D eigenvalue weighted by atomic mass is 10.2. The van der Waals surface area contributed by atoms with E-state index in [0.717, 1.165) is 18.9 Å². The van der Waals surface area contributed by atoms with Gasteiger partial charge in [-0.2, -0.15) is 13.2 Å². The van der Waals surface area contributed by atoms with Crippen LogP contribution in [0.5, 0.6) is 5.75 Å². The van der Waals surface area contributed by atoms with E-state index >= 15 is 0 Å². The molecule has 1 spiro atoms. The van der Waals surface area contributed by atoms with Gasteiger partial charge in [0.1, 0.15) is 29.7 Å². The molecule has 2 heterocycles. The summed E-state index contributed by atoms with van der Waals surface area (Å²) in [7, 11) is 0. The molecule has 2 N–H and O–H groups in total. The Hall–Kier alpha value is -2.85. The van der Waals surface area contributed by atoms with Crippen LogP contribution >= 0.6 is 0 Å². The maximum absolute atomic E-state index is 13.4. The molecule has 1 aromatic heterocycles. The van der Waals surface area contributed by atoms with Gasteiger partial charge in [0, 0.05) is 5.69 Å². The molecule has 1 saturated heterocycles. The zero-order valence-electron chi connectivity index (χ0n) is 15.8. The Morgan fingerprint density at radius 2 is 1.90 bits per heavy atom. The first kappa shape index (κ1) is 20.4. The molecular formula is C20H19F3N2O5. The fourth-order valence-corrected chi connectivity index (χ4v) is 3.37. The van der Waals surface area contributed by atoms with Gasteiger partial charge >= 0.3 is 6.18 Å². The molecule has 2 fully saturated rings. The van der Waals surface area contributed by atoms with Gasteiger partial charge in [0.2, 0.25) is 0 Å². The fraction of sp³-hybridized carbons (Fsp3) is 0.400. The third-order valence-corrected chi connectivity index (χ3v) is 5.06. The molecule has 1 aliphatic heterocycles. The highest BCUT2D eigenvalue weighted by molar-refractivity contribution is 5.92. The van der Waals surface area contributed by atoms with Crippen molar-refractivity contribution in [3.05, 3.63) is 58.0 Å². The second kappa shape index (κ2) is 7.44. The van der Waals surface area contributed by atoms with Crippen molar-refractivity contribution >= 4 is 5.91 Å².